The van der Waals surface area contributed by atoms with Gasteiger partial charge in [0.05, 0.1) is 6.54 Å². The van der Waals surface area contributed by atoms with Crippen molar-refractivity contribution in [1.82, 2.24) is 0 Å². The van der Waals surface area contributed by atoms with Crippen LogP contribution in [0.25, 0.3) is 0 Å². The van der Waals surface area contributed by atoms with E-state index in [1.54, 1.807) is 0 Å². The number of carboxylic acid groups (broad SMARTS) is 1. The van der Waals surface area contributed by atoms with Crippen molar-refractivity contribution in [1.29, 1.82) is 0 Å². The molecule has 0 amide bonds. The molecule has 0 heterocycles. The van der Waals surface area contributed by atoms with Crippen LogP contribution in [0.3, 0.4) is 0 Å². The van der Waals surface area contributed by atoms with Crippen LogP contribution in [0, 0.1) is 0 Å². The van der Waals surface area contributed by atoms with Crippen molar-refractivity contribution in [2.45, 2.75) is 0 Å². The second-order valence-corrected chi connectivity index (χ2v) is 0.598. The van der Waals surface area contributed by atoms with Gasteiger partial charge in [0, 0.05) is 0 Å². The molecule has 0 aromatic rings. The van der Waals surface area contributed by atoms with E-state index >= 15 is 0 Å². The number of carboxylic acids is 1. The predicted octanol–water partition coefficient (Wildman–Crippen LogP) is -24.8. The van der Waals surface area contributed by atoms with Gasteiger partial charge in [-0.3, -0.25) is 4.79 Å². The van der Waals surface area contributed by atoms with E-state index in [1.807, 2.05) is 0 Å². The first kappa shape index (κ1) is 152. The summed E-state index contributed by atoms with van der Waals surface area (Å²) >= 11 is 0. The van der Waals surface area contributed by atoms with Gasteiger partial charge in [0.25, 0.3) is 0 Å². The second kappa shape index (κ2) is 130. The van der Waals surface area contributed by atoms with Crippen LogP contribution in [0.2, 0.25) is 0 Å². The Morgan fingerprint density at radius 1 is 0.824 bits per heavy atom. The van der Waals surface area contributed by atoms with Crippen LogP contribution in [0.5, 0.6) is 0 Å². The molecule has 9 N–H and O–H groups in total. The summed E-state index contributed by atoms with van der Waals surface area (Å²) in [6.07, 6.45) is 0. The third kappa shape index (κ3) is 233. The number of nitrogens with two attached hydrogens (primary N) is 1. The molecule has 0 atom stereocenters. The van der Waals surface area contributed by atoms with E-state index in [0.29, 0.717) is 0 Å². The molecule has 0 saturated heterocycles. The van der Waals surface area contributed by atoms with Gasteiger partial charge in [0.1, 0.15) is 0 Å². The summed E-state index contributed by atoms with van der Waals surface area (Å²) in [4.78, 5) is 9.24. The van der Waals surface area contributed by atoms with Crippen molar-refractivity contribution >= 4 is 23.3 Å². The number of rotatable bonds is 1. The Morgan fingerprint density at radius 2 is 0.882 bits per heavy atom. The maximum Gasteiger partial charge on any atom is 4.00 e. The van der Waals surface area contributed by atoms with E-state index in [1.165, 1.54) is 0 Å². The molecule has 0 aliphatic carbocycles. The predicted molar refractivity (Wildman–Crippen MR) is 33.3 cm³/mol. The fourth-order valence-corrected chi connectivity index (χ4v) is 0. The van der Waals surface area contributed by atoms with Gasteiger partial charge in [-0.25, -0.2) is 0 Å². The van der Waals surface area contributed by atoms with Crippen LogP contribution >= 0.6 is 0 Å². The molecule has 17 heavy (non-hydrogen) atoms. The summed E-state index contributed by atoms with van der Waals surface area (Å²) in [6.45, 7) is -0.278. The molecular formula is C2H11AlCl7NO5Zr. The van der Waals surface area contributed by atoms with Crippen LogP contribution in [0.1, 0.15) is 0 Å². The third-order valence-electron chi connectivity index (χ3n) is 0.175. The molecule has 0 rings (SSSR count). The second-order valence-electron chi connectivity index (χ2n) is 0.598. The fourth-order valence-electron chi connectivity index (χ4n) is 0. The number of aliphatic carboxylic acids is 1. The number of halogens is 7. The standard InChI is InChI=1S/C2H5NO2.Al.7ClH.3H2O.Zr/c3-1-2(4)5;;;;;;;;;;;;/h1,3H2,(H,4,5);;7*1H;3*1H2;/q;+3;;;;;;;;;;;+4/p-7. The summed E-state index contributed by atoms with van der Waals surface area (Å²) in [5, 5.41) is 7.60. The van der Waals surface area contributed by atoms with Crippen LogP contribution in [-0.4, -0.2) is 51.4 Å². The summed E-state index contributed by atoms with van der Waals surface area (Å²) in [5.74, 6) is -0.968. The average Bonchev–Trinajstić information content (AvgIpc) is 1.38. The Hall–Kier alpha value is 2.76. The monoisotopic (exact) mass is 491 g/mol. The number of carbonyl (C=O) groups is 1. The van der Waals surface area contributed by atoms with Crippen molar-refractivity contribution in [3.8, 4) is 0 Å². The van der Waals surface area contributed by atoms with Gasteiger partial charge in [-0.1, -0.05) is 0 Å². The molecule has 0 bridgehead atoms. The molecule has 0 fully saturated rings. The summed E-state index contributed by atoms with van der Waals surface area (Å²) < 4.78 is 0. The van der Waals surface area contributed by atoms with E-state index in [4.69, 9.17) is 5.11 Å². The van der Waals surface area contributed by atoms with Crippen LogP contribution < -0.4 is 92.6 Å². The molecule has 110 valence electrons. The minimum Gasteiger partial charge on any atom is -1.00 e. The fraction of sp³-hybridized carbons (Fsp3) is 0.500. The summed E-state index contributed by atoms with van der Waals surface area (Å²) in [5.41, 5.74) is 4.57. The molecule has 0 aliphatic rings. The van der Waals surface area contributed by atoms with Gasteiger partial charge in [-0.15, -0.1) is 0 Å². The topological polar surface area (TPSA) is 158 Å². The minimum absolute atomic E-state index is 0. The maximum atomic E-state index is 9.24. The molecule has 15 heteroatoms. The molecule has 6 nitrogen and oxygen atoms in total. The van der Waals surface area contributed by atoms with Gasteiger partial charge in [0.2, 0.25) is 0 Å². The Labute approximate surface area is 173 Å². The van der Waals surface area contributed by atoms with Crippen molar-refractivity contribution in [3.63, 3.8) is 0 Å². The van der Waals surface area contributed by atoms with Crippen LogP contribution in [-0.2, 0) is 31.0 Å². The molecule has 0 aromatic heterocycles. The van der Waals surface area contributed by atoms with Gasteiger partial charge < -0.3 is 114 Å². The molecular weight excluding hydrogens is 484 g/mol. The van der Waals surface area contributed by atoms with Crippen molar-refractivity contribution in [2.75, 3.05) is 6.54 Å². The Bertz CT molecular complexity index is 71.5. The molecule has 0 aromatic carbocycles. The van der Waals surface area contributed by atoms with E-state index in [0.717, 1.165) is 0 Å². The summed E-state index contributed by atoms with van der Waals surface area (Å²) in [6, 6.07) is 0. The van der Waals surface area contributed by atoms with Crippen molar-refractivity contribution in [2.24, 2.45) is 5.73 Å². The van der Waals surface area contributed by atoms with Crippen LogP contribution in [0.4, 0.5) is 0 Å². The minimum atomic E-state index is -0.968. The molecule has 0 saturated carbocycles. The first-order chi connectivity index (χ1) is 2.27. The quantitative estimate of drug-likeness (QED) is 0.347. The third-order valence-corrected chi connectivity index (χ3v) is 0.175. The molecule has 0 spiro atoms. The molecule has 0 unspecified atom stereocenters. The number of hydrogen-bond acceptors (Lipinski definition) is 2. The van der Waals surface area contributed by atoms with E-state index in [9.17, 15) is 4.79 Å². The van der Waals surface area contributed by atoms with Gasteiger partial charge >= 0.3 is 49.5 Å². The van der Waals surface area contributed by atoms with E-state index in [-0.39, 0.29) is 153 Å². The van der Waals surface area contributed by atoms with E-state index in [2.05, 4.69) is 5.73 Å². The Kier molecular flexibility index (Phi) is 1160. The van der Waals surface area contributed by atoms with Gasteiger partial charge in [0.15, 0.2) is 0 Å². The SMILES string of the molecule is NCC(=O)O.O.O.O.[Al+3].[Cl-].[Cl-].[Cl-].[Cl-].[Cl-].[Cl-].[Cl-].[Zr+4]. The maximum absolute atomic E-state index is 9.24. The van der Waals surface area contributed by atoms with Gasteiger partial charge in [-0.2, -0.15) is 0 Å². The van der Waals surface area contributed by atoms with Crippen molar-refractivity contribution in [3.05, 3.63) is 0 Å². The first-order valence-corrected chi connectivity index (χ1v) is 1.19. The average molecular weight is 495 g/mol. The zero-order valence-electron chi connectivity index (χ0n) is 7.86. The van der Waals surface area contributed by atoms with E-state index < -0.39 is 5.97 Å². The normalized spacial score (nSPS) is 2.18. The zero-order valence-corrected chi connectivity index (χ0v) is 16.8. The number of hydrogen-bond donors (Lipinski definition) is 2. The smallest absolute Gasteiger partial charge is 1.00 e. The Balaban J connectivity index is -0.00000000121. The van der Waals surface area contributed by atoms with Crippen molar-refractivity contribution < 1.29 is 139 Å². The summed E-state index contributed by atoms with van der Waals surface area (Å²) in [7, 11) is 0. The largest absolute Gasteiger partial charge is 4.00 e. The van der Waals surface area contributed by atoms with Gasteiger partial charge in [-0.05, 0) is 0 Å². The molecule has 0 radical (unpaired) electrons. The zero-order chi connectivity index (χ0) is 4.28. The molecule has 0 aliphatic heterocycles. The van der Waals surface area contributed by atoms with Crippen LogP contribution in [0.15, 0.2) is 0 Å². The first-order valence-electron chi connectivity index (χ1n) is 1.19. The Morgan fingerprint density at radius 3 is 0.882 bits per heavy atom.